The lowest BCUT2D eigenvalue weighted by atomic mass is 10.00. The third-order valence-corrected chi connectivity index (χ3v) is 4.91. The Morgan fingerprint density at radius 2 is 1.89 bits per heavy atom. The second kappa shape index (κ2) is 10.6. The van der Waals surface area contributed by atoms with Gasteiger partial charge in [0.1, 0.15) is 0 Å². The zero-order valence-electron chi connectivity index (χ0n) is 16.2. The Morgan fingerprint density at radius 1 is 1.22 bits per heavy atom. The molecule has 7 heteroatoms. The molecule has 1 amide bonds. The summed E-state index contributed by atoms with van der Waals surface area (Å²) in [4.78, 5) is 11.1. The molecule has 1 aliphatic heterocycles. The maximum absolute atomic E-state index is 11.1. The van der Waals surface area contributed by atoms with E-state index < -0.39 is 24.0 Å². The van der Waals surface area contributed by atoms with E-state index in [0.29, 0.717) is 32.1 Å². The van der Waals surface area contributed by atoms with Crippen LogP contribution < -0.4 is 10.6 Å². The van der Waals surface area contributed by atoms with Crippen molar-refractivity contribution in [2.45, 2.75) is 51.0 Å². The van der Waals surface area contributed by atoms with Crippen molar-refractivity contribution in [1.29, 1.82) is 0 Å². The van der Waals surface area contributed by atoms with Crippen LogP contribution >= 0.6 is 0 Å². The van der Waals surface area contributed by atoms with Gasteiger partial charge >= 0.3 is 6.09 Å². The molecule has 1 aromatic rings. The van der Waals surface area contributed by atoms with Crippen LogP contribution in [0.5, 0.6) is 0 Å². The van der Waals surface area contributed by atoms with Crippen LogP contribution in [0.3, 0.4) is 0 Å². The summed E-state index contributed by atoms with van der Waals surface area (Å²) in [6.45, 7) is 6.46. The van der Waals surface area contributed by atoms with E-state index in [9.17, 15) is 9.90 Å². The van der Waals surface area contributed by atoms with Gasteiger partial charge in [0.05, 0.1) is 25.4 Å². The van der Waals surface area contributed by atoms with Gasteiger partial charge in [-0.2, -0.15) is 0 Å². The minimum atomic E-state index is -1.13. The molecule has 1 heterocycles. The number of rotatable bonds is 11. The van der Waals surface area contributed by atoms with E-state index in [2.05, 4.69) is 17.6 Å². The number of aliphatic hydroxyl groups excluding tert-OH is 1. The Bertz CT molecular complexity index is 563. The van der Waals surface area contributed by atoms with Crippen LogP contribution in [-0.2, 0) is 15.9 Å². The summed E-state index contributed by atoms with van der Waals surface area (Å²) < 4.78 is 11.2. The Balaban J connectivity index is 1.73. The van der Waals surface area contributed by atoms with Crippen LogP contribution in [0, 0.1) is 5.92 Å². The maximum Gasteiger partial charge on any atom is 0.404 e. The van der Waals surface area contributed by atoms with E-state index >= 15 is 0 Å². The van der Waals surface area contributed by atoms with E-state index in [-0.39, 0.29) is 0 Å². The van der Waals surface area contributed by atoms with E-state index in [1.807, 2.05) is 37.3 Å². The zero-order chi connectivity index (χ0) is 19.7. The minimum absolute atomic E-state index is 0.326. The summed E-state index contributed by atoms with van der Waals surface area (Å²) in [5.74, 6) is -0.0817. The van der Waals surface area contributed by atoms with E-state index in [4.69, 9.17) is 14.6 Å². The fourth-order valence-corrected chi connectivity index (χ4v) is 3.24. The molecule has 2 rings (SSSR count). The molecule has 3 atom stereocenters. The van der Waals surface area contributed by atoms with Gasteiger partial charge in [-0.25, -0.2) is 4.79 Å². The first-order valence-corrected chi connectivity index (χ1v) is 9.58. The lowest BCUT2D eigenvalue weighted by Crippen LogP contribution is -2.48. The van der Waals surface area contributed by atoms with Crippen molar-refractivity contribution in [2.24, 2.45) is 5.92 Å². The van der Waals surface area contributed by atoms with Crippen molar-refractivity contribution >= 4 is 6.09 Å². The second-order valence-corrected chi connectivity index (χ2v) is 7.45. The van der Waals surface area contributed by atoms with Crippen molar-refractivity contribution in [1.82, 2.24) is 10.6 Å². The fourth-order valence-electron chi connectivity index (χ4n) is 3.24. The van der Waals surface area contributed by atoms with Crippen LogP contribution in [0.2, 0.25) is 0 Å². The standard InChI is InChI=1S/C20H32N2O5/c1-15(8-9-20(2)26-10-11-27-20)13-21-14-18(23)17(22-19(24)25)12-16-6-4-3-5-7-16/h3-7,15,17-18,21-23H,8-14H2,1-2H3,(H,24,25)/t15?,17?,18-/m1/s1. The van der Waals surface area contributed by atoms with E-state index in [1.165, 1.54) is 0 Å². The Hall–Kier alpha value is -1.67. The molecule has 4 N–H and O–H groups in total. The Kier molecular flexibility index (Phi) is 8.50. The first-order valence-electron chi connectivity index (χ1n) is 9.58. The Morgan fingerprint density at radius 3 is 2.52 bits per heavy atom. The highest BCUT2D eigenvalue weighted by atomic mass is 16.7. The van der Waals surface area contributed by atoms with Crippen LogP contribution in [-0.4, -0.2) is 60.5 Å². The summed E-state index contributed by atoms with van der Waals surface area (Å²) in [5.41, 5.74) is 0.980. The first-order chi connectivity index (χ1) is 12.9. The summed E-state index contributed by atoms with van der Waals surface area (Å²) in [6.07, 6.45) is 0.273. The highest BCUT2D eigenvalue weighted by molar-refractivity contribution is 5.65. The number of benzene rings is 1. The monoisotopic (exact) mass is 380 g/mol. The summed E-state index contributed by atoms with van der Waals surface area (Å²) in [5, 5.41) is 25.2. The number of aliphatic hydroxyl groups is 1. The molecule has 1 aromatic carbocycles. The van der Waals surface area contributed by atoms with Crippen molar-refractivity contribution in [3.05, 3.63) is 35.9 Å². The highest BCUT2D eigenvalue weighted by Crippen LogP contribution is 2.25. The predicted molar refractivity (Wildman–Crippen MR) is 103 cm³/mol. The first kappa shape index (κ1) is 21.6. The molecule has 7 nitrogen and oxygen atoms in total. The van der Waals surface area contributed by atoms with Crippen LogP contribution in [0.25, 0.3) is 0 Å². The van der Waals surface area contributed by atoms with Crippen molar-refractivity contribution < 1.29 is 24.5 Å². The van der Waals surface area contributed by atoms with Gasteiger partial charge in [-0.1, -0.05) is 37.3 Å². The zero-order valence-corrected chi connectivity index (χ0v) is 16.2. The van der Waals surface area contributed by atoms with Crippen LogP contribution in [0.1, 0.15) is 32.3 Å². The molecule has 1 saturated heterocycles. The van der Waals surface area contributed by atoms with E-state index in [1.54, 1.807) is 0 Å². The van der Waals surface area contributed by atoms with Gasteiger partial charge in [-0.15, -0.1) is 0 Å². The summed E-state index contributed by atoms with van der Waals surface area (Å²) >= 11 is 0. The van der Waals surface area contributed by atoms with Crippen molar-refractivity contribution in [3.63, 3.8) is 0 Å². The average Bonchev–Trinajstić information content (AvgIpc) is 3.07. The van der Waals surface area contributed by atoms with Gasteiger partial charge in [0.25, 0.3) is 0 Å². The summed E-state index contributed by atoms with van der Waals surface area (Å²) in [6, 6.07) is 8.99. The average molecular weight is 380 g/mol. The van der Waals surface area contributed by atoms with E-state index in [0.717, 1.165) is 24.9 Å². The quantitative estimate of drug-likeness (QED) is 0.469. The number of hydrogen-bond donors (Lipinski definition) is 4. The number of hydrogen-bond acceptors (Lipinski definition) is 5. The molecular formula is C20H32N2O5. The van der Waals surface area contributed by atoms with Gasteiger partial charge in [0.2, 0.25) is 0 Å². The highest BCUT2D eigenvalue weighted by Gasteiger charge is 2.30. The molecule has 27 heavy (non-hydrogen) atoms. The van der Waals surface area contributed by atoms with Gasteiger partial charge < -0.3 is 30.3 Å². The Labute approximate surface area is 161 Å². The van der Waals surface area contributed by atoms with Crippen molar-refractivity contribution in [2.75, 3.05) is 26.3 Å². The summed E-state index contributed by atoms with van der Waals surface area (Å²) in [7, 11) is 0. The molecular weight excluding hydrogens is 348 g/mol. The lowest BCUT2D eigenvalue weighted by molar-refractivity contribution is -0.148. The van der Waals surface area contributed by atoms with Gasteiger partial charge in [-0.3, -0.25) is 0 Å². The number of ether oxygens (including phenoxy) is 2. The molecule has 0 spiro atoms. The topological polar surface area (TPSA) is 100 Å². The smallest absolute Gasteiger partial charge is 0.404 e. The molecule has 152 valence electrons. The van der Waals surface area contributed by atoms with Crippen molar-refractivity contribution in [3.8, 4) is 0 Å². The third kappa shape index (κ3) is 7.84. The molecule has 2 unspecified atom stereocenters. The normalized spacial score (nSPS) is 19.4. The molecule has 1 aliphatic rings. The maximum atomic E-state index is 11.1. The van der Waals surface area contributed by atoms with Gasteiger partial charge in [0, 0.05) is 13.0 Å². The number of carboxylic acid groups (broad SMARTS) is 1. The third-order valence-electron chi connectivity index (χ3n) is 4.91. The predicted octanol–water partition coefficient (Wildman–Crippen LogP) is 2.00. The molecule has 0 aromatic heterocycles. The second-order valence-electron chi connectivity index (χ2n) is 7.45. The van der Waals surface area contributed by atoms with Gasteiger partial charge in [0.15, 0.2) is 5.79 Å². The largest absolute Gasteiger partial charge is 0.465 e. The molecule has 0 saturated carbocycles. The fraction of sp³-hybridized carbons (Fsp3) is 0.650. The molecule has 1 fully saturated rings. The van der Waals surface area contributed by atoms with Gasteiger partial charge in [-0.05, 0) is 37.8 Å². The molecule has 0 bridgehead atoms. The minimum Gasteiger partial charge on any atom is -0.465 e. The molecule has 0 aliphatic carbocycles. The van der Waals surface area contributed by atoms with Crippen LogP contribution in [0.4, 0.5) is 4.79 Å². The van der Waals surface area contributed by atoms with Crippen LogP contribution in [0.15, 0.2) is 30.3 Å². The number of carbonyl (C=O) groups is 1. The number of amides is 1. The SMILES string of the molecule is CC(CCC1(C)OCCO1)CNC[C@@H](O)C(Cc1ccccc1)NC(=O)O. The molecule has 0 radical (unpaired) electrons. The number of nitrogens with one attached hydrogen (secondary N) is 2. The lowest BCUT2D eigenvalue weighted by Gasteiger charge is -2.25.